The summed E-state index contributed by atoms with van der Waals surface area (Å²) < 4.78 is 6.24. The topological polar surface area (TPSA) is 49.9 Å². The van der Waals surface area contributed by atoms with E-state index in [1.165, 1.54) is 11.1 Å². The lowest BCUT2D eigenvalue weighted by molar-refractivity contribution is -0.137. The van der Waals surface area contributed by atoms with Gasteiger partial charge in [0.2, 0.25) is 5.91 Å². The number of aryl methyl sites for hydroxylation is 1. The number of likely N-dealkylation sites (tertiary alicyclic amines) is 1. The molecule has 2 aromatic rings. The van der Waals surface area contributed by atoms with Crippen LogP contribution in [0.4, 0.5) is 0 Å². The second-order valence-corrected chi connectivity index (χ2v) is 8.92. The third-order valence-corrected chi connectivity index (χ3v) is 6.67. The van der Waals surface area contributed by atoms with Crippen molar-refractivity contribution in [1.82, 2.24) is 9.80 Å². The maximum Gasteiger partial charge on any atom is 0.263 e. The summed E-state index contributed by atoms with van der Waals surface area (Å²) in [6, 6.07) is 14.4. The molecule has 0 N–H and O–H groups in total. The predicted molar refractivity (Wildman–Crippen MR) is 126 cm³/mol. The highest BCUT2D eigenvalue weighted by Gasteiger charge is 2.32. The van der Waals surface area contributed by atoms with Crippen molar-refractivity contribution < 1.29 is 14.3 Å². The molecule has 1 saturated heterocycles. The molecule has 2 amide bonds. The van der Waals surface area contributed by atoms with Crippen LogP contribution in [0.2, 0.25) is 0 Å². The van der Waals surface area contributed by atoms with Crippen LogP contribution in [-0.2, 0) is 16.0 Å². The zero-order valence-electron chi connectivity index (χ0n) is 19.5. The fourth-order valence-electron chi connectivity index (χ4n) is 4.95. The molecular formula is C27H34N2O3. The quantitative estimate of drug-likeness (QED) is 0.664. The van der Waals surface area contributed by atoms with E-state index in [4.69, 9.17) is 4.74 Å². The summed E-state index contributed by atoms with van der Waals surface area (Å²) in [4.78, 5) is 29.7. The molecule has 2 aliphatic rings. The monoisotopic (exact) mass is 434 g/mol. The van der Waals surface area contributed by atoms with E-state index in [0.29, 0.717) is 25.1 Å². The predicted octanol–water partition coefficient (Wildman–Crippen LogP) is 4.66. The van der Waals surface area contributed by atoms with Gasteiger partial charge in [0, 0.05) is 26.1 Å². The van der Waals surface area contributed by atoms with Gasteiger partial charge in [0.15, 0.2) is 6.10 Å². The molecule has 5 heteroatoms. The van der Waals surface area contributed by atoms with Gasteiger partial charge in [-0.15, -0.1) is 0 Å². The van der Waals surface area contributed by atoms with Crippen molar-refractivity contribution in [2.75, 3.05) is 19.6 Å². The third kappa shape index (κ3) is 4.52. The Morgan fingerprint density at radius 2 is 1.84 bits per heavy atom. The lowest BCUT2D eigenvalue weighted by Gasteiger charge is -2.38. The molecule has 4 rings (SSSR count). The maximum absolute atomic E-state index is 12.9. The Labute approximate surface area is 191 Å². The first-order valence-corrected chi connectivity index (χ1v) is 12.0. The summed E-state index contributed by atoms with van der Waals surface area (Å²) in [5, 5.41) is 0. The molecule has 5 nitrogen and oxygen atoms in total. The summed E-state index contributed by atoms with van der Waals surface area (Å²) in [5.41, 5.74) is 4.63. The lowest BCUT2D eigenvalue weighted by atomic mass is 9.87. The Hall–Kier alpha value is -2.82. The number of carbonyl (C=O) groups is 2. The van der Waals surface area contributed by atoms with Gasteiger partial charge in [-0.05, 0) is 61.4 Å². The van der Waals surface area contributed by atoms with Gasteiger partial charge >= 0.3 is 0 Å². The molecule has 170 valence electrons. The fourth-order valence-corrected chi connectivity index (χ4v) is 4.95. The largest absolute Gasteiger partial charge is 0.481 e. The number of hydrogen-bond acceptors (Lipinski definition) is 3. The van der Waals surface area contributed by atoms with Crippen molar-refractivity contribution in [3.63, 3.8) is 0 Å². The van der Waals surface area contributed by atoms with Gasteiger partial charge < -0.3 is 14.5 Å². The van der Waals surface area contributed by atoms with Crippen LogP contribution in [0, 0.1) is 6.92 Å². The second-order valence-electron chi connectivity index (χ2n) is 8.92. The second kappa shape index (κ2) is 9.76. The highest BCUT2D eigenvalue weighted by atomic mass is 16.5. The van der Waals surface area contributed by atoms with Gasteiger partial charge in [0.05, 0.1) is 6.04 Å². The number of rotatable bonds is 6. The summed E-state index contributed by atoms with van der Waals surface area (Å²) in [6.45, 7) is 8.35. The van der Waals surface area contributed by atoms with Crippen LogP contribution in [-0.4, -0.2) is 47.4 Å². The molecule has 32 heavy (non-hydrogen) atoms. The average Bonchev–Trinajstić information content (AvgIpc) is 3.35. The van der Waals surface area contributed by atoms with E-state index >= 15 is 0 Å². The molecule has 2 aromatic carbocycles. The molecular weight excluding hydrogens is 400 g/mol. The maximum atomic E-state index is 12.9. The van der Waals surface area contributed by atoms with Gasteiger partial charge in [-0.3, -0.25) is 9.59 Å². The number of hydrogen-bond donors (Lipinski definition) is 0. The van der Waals surface area contributed by atoms with Crippen molar-refractivity contribution in [3.05, 3.63) is 64.7 Å². The first kappa shape index (κ1) is 22.4. The summed E-state index contributed by atoms with van der Waals surface area (Å²) >= 11 is 0. The van der Waals surface area contributed by atoms with E-state index in [1.54, 1.807) is 0 Å². The van der Waals surface area contributed by atoms with Crippen LogP contribution < -0.4 is 4.74 Å². The number of amides is 2. The normalized spacial score (nSPS) is 18.9. The first-order valence-electron chi connectivity index (χ1n) is 12.0. The standard InChI is InChI=1S/C27H34N2O3/c1-4-24(27(31)28-14-6-7-15-28)32-22-12-11-20-13-16-29(25(30)5-2)26(23(20)18-22)21-10-8-9-19(3)17-21/h8-12,17-18,24,26H,4-7,13-16H2,1-3H3. The van der Waals surface area contributed by atoms with Crippen molar-refractivity contribution in [2.45, 2.75) is 65.0 Å². The lowest BCUT2D eigenvalue weighted by Crippen LogP contribution is -2.41. The first-order chi connectivity index (χ1) is 15.5. The molecule has 2 atom stereocenters. The van der Waals surface area contributed by atoms with Crippen LogP contribution in [0.1, 0.15) is 67.8 Å². The summed E-state index contributed by atoms with van der Waals surface area (Å²) in [6.07, 6.45) is 3.61. The van der Waals surface area contributed by atoms with Gasteiger partial charge in [-0.1, -0.05) is 49.7 Å². The molecule has 0 radical (unpaired) electrons. The molecule has 0 aromatic heterocycles. The zero-order chi connectivity index (χ0) is 22.7. The molecule has 0 saturated carbocycles. The molecule has 0 bridgehead atoms. The Kier molecular flexibility index (Phi) is 6.83. The van der Waals surface area contributed by atoms with E-state index in [0.717, 1.165) is 43.5 Å². The van der Waals surface area contributed by atoms with Crippen LogP contribution in [0.25, 0.3) is 0 Å². The summed E-state index contributed by atoms with van der Waals surface area (Å²) in [5.74, 6) is 0.941. The smallest absolute Gasteiger partial charge is 0.263 e. The van der Waals surface area contributed by atoms with Crippen LogP contribution in [0.3, 0.4) is 0 Å². The van der Waals surface area contributed by atoms with Crippen LogP contribution >= 0.6 is 0 Å². The number of fused-ring (bicyclic) bond motifs is 1. The molecule has 1 fully saturated rings. The minimum atomic E-state index is -0.472. The minimum Gasteiger partial charge on any atom is -0.481 e. The number of benzene rings is 2. The highest BCUT2D eigenvalue weighted by Crippen LogP contribution is 2.38. The van der Waals surface area contributed by atoms with Crippen molar-refractivity contribution in [3.8, 4) is 5.75 Å². The SMILES string of the molecule is CCC(=O)N1CCc2ccc(OC(CC)C(=O)N3CCCC3)cc2C1c1cccc(C)c1. The Bertz CT molecular complexity index is 981. The van der Waals surface area contributed by atoms with Crippen LogP contribution in [0.5, 0.6) is 5.75 Å². The highest BCUT2D eigenvalue weighted by molar-refractivity contribution is 5.81. The van der Waals surface area contributed by atoms with E-state index in [-0.39, 0.29) is 17.9 Å². The van der Waals surface area contributed by atoms with Crippen LogP contribution in [0.15, 0.2) is 42.5 Å². The van der Waals surface area contributed by atoms with Gasteiger partial charge in [0.25, 0.3) is 5.91 Å². The van der Waals surface area contributed by atoms with Gasteiger partial charge in [0.1, 0.15) is 5.75 Å². The molecule has 0 aliphatic carbocycles. The average molecular weight is 435 g/mol. The van der Waals surface area contributed by atoms with E-state index in [2.05, 4.69) is 43.3 Å². The van der Waals surface area contributed by atoms with Gasteiger partial charge in [-0.2, -0.15) is 0 Å². The molecule has 2 heterocycles. The molecule has 0 spiro atoms. The zero-order valence-corrected chi connectivity index (χ0v) is 19.5. The van der Waals surface area contributed by atoms with E-state index in [9.17, 15) is 9.59 Å². The number of carbonyl (C=O) groups excluding carboxylic acids is 2. The van der Waals surface area contributed by atoms with E-state index in [1.807, 2.05) is 29.7 Å². The van der Waals surface area contributed by atoms with Crippen molar-refractivity contribution in [1.29, 1.82) is 0 Å². The summed E-state index contributed by atoms with van der Waals surface area (Å²) in [7, 11) is 0. The Morgan fingerprint density at radius 3 is 2.53 bits per heavy atom. The third-order valence-electron chi connectivity index (χ3n) is 6.67. The fraction of sp³-hybridized carbons (Fsp3) is 0.481. The van der Waals surface area contributed by atoms with Gasteiger partial charge in [-0.25, -0.2) is 0 Å². The number of ether oxygens (including phenoxy) is 1. The van der Waals surface area contributed by atoms with E-state index < -0.39 is 6.10 Å². The van der Waals surface area contributed by atoms with Crippen molar-refractivity contribution >= 4 is 11.8 Å². The minimum absolute atomic E-state index is 0.0840. The Balaban J connectivity index is 1.67. The van der Waals surface area contributed by atoms with Crippen molar-refractivity contribution in [2.24, 2.45) is 0 Å². The number of nitrogens with zero attached hydrogens (tertiary/aromatic N) is 2. The molecule has 2 aliphatic heterocycles. The Morgan fingerprint density at radius 1 is 1.06 bits per heavy atom. The molecule has 2 unspecified atom stereocenters.